The molecule has 2 heteroatoms. The van der Waals surface area contributed by atoms with Crippen molar-refractivity contribution >= 4 is 0 Å². The van der Waals surface area contributed by atoms with Crippen molar-refractivity contribution in [1.82, 2.24) is 0 Å². The average Bonchev–Trinajstić information content (AvgIpc) is 2.45. The Morgan fingerprint density at radius 3 is 1.60 bits per heavy atom. The predicted octanol–water partition coefficient (Wildman–Crippen LogP) is 5.01. The molecule has 2 atom stereocenters. The second-order valence-corrected chi connectivity index (χ2v) is 6.12. The molecule has 2 unspecified atom stereocenters. The molecular formula is C18H30O2. The van der Waals surface area contributed by atoms with Crippen molar-refractivity contribution < 1.29 is 9.47 Å². The summed E-state index contributed by atoms with van der Waals surface area (Å²) < 4.78 is 11.8. The first kappa shape index (κ1) is 17.2. The fraction of sp³-hybridized carbons (Fsp3) is 0.667. The Balaban J connectivity index is 3.06. The first-order valence-electron chi connectivity index (χ1n) is 7.65. The van der Waals surface area contributed by atoms with Gasteiger partial charge < -0.3 is 9.47 Å². The van der Waals surface area contributed by atoms with Crippen LogP contribution in [-0.4, -0.2) is 13.2 Å². The Labute approximate surface area is 124 Å². The van der Waals surface area contributed by atoms with Gasteiger partial charge in [-0.15, -0.1) is 0 Å². The molecule has 0 saturated carbocycles. The molecule has 0 heterocycles. The van der Waals surface area contributed by atoms with Gasteiger partial charge in [0.15, 0.2) is 0 Å². The highest BCUT2D eigenvalue weighted by Crippen LogP contribution is 2.33. The smallest absolute Gasteiger partial charge is 0.0904 e. The molecule has 0 aliphatic heterocycles. The highest BCUT2D eigenvalue weighted by molar-refractivity contribution is 5.30. The topological polar surface area (TPSA) is 18.5 Å². The second-order valence-electron chi connectivity index (χ2n) is 6.12. The van der Waals surface area contributed by atoms with E-state index in [9.17, 15) is 0 Å². The van der Waals surface area contributed by atoms with Crippen molar-refractivity contribution in [3.8, 4) is 0 Å². The third kappa shape index (κ3) is 3.62. The molecular weight excluding hydrogens is 248 g/mol. The normalized spacial score (nSPS) is 17.8. The molecule has 0 fully saturated rings. The number of ether oxygens (including phenoxy) is 2. The molecule has 0 amide bonds. The van der Waals surface area contributed by atoms with Crippen molar-refractivity contribution in [2.24, 2.45) is 0 Å². The summed E-state index contributed by atoms with van der Waals surface area (Å²) in [5.41, 5.74) is 2.02. The molecule has 114 valence electrons. The Bertz CT molecular complexity index is 404. The van der Waals surface area contributed by atoms with Crippen molar-refractivity contribution in [2.45, 2.75) is 71.7 Å². The number of hydrogen-bond donors (Lipinski definition) is 0. The van der Waals surface area contributed by atoms with Gasteiger partial charge >= 0.3 is 0 Å². The van der Waals surface area contributed by atoms with Crippen LogP contribution >= 0.6 is 0 Å². The van der Waals surface area contributed by atoms with Gasteiger partial charge in [0.05, 0.1) is 17.3 Å². The van der Waals surface area contributed by atoms with Gasteiger partial charge in [0.2, 0.25) is 0 Å². The molecule has 20 heavy (non-hydrogen) atoms. The molecule has 0 radical (unpaired) electrons. The van der Waals surface area contributed by atoms with E-state index in [4.69, 9.17) is 9.47 Å². The van der Waals surface area contributed by atoms with E-state index >= 15 is 0 Å². The van der Waals surface area contributed by atoms with E-state index in [-0.39, 0.29) is 17.3 Å². The maximum atomic E-state index is 6.12. The van der Waals surface area contributed by atoms with Gasteiger partial charge in [0, 0.05) is 7.11 Å². The summed E-state index contributed by atoms with van der Waals surface area (Å²) in [7, 11) is 1.77. The average molecular weight is 278 g/mol. The molecule has 0 bridgehead atoms. The minimum atomic E-state index is -0.220. The van der Waals surface area contributed by atoms with E-state index in [2.05, 4.69) is 65.8 Å². The lowest BCUT2D eigenvalue weighted by Gasteiger charge is -2.33. The lowest BCUT2D eigenvalue weighted by molar-refractivity contribution is -0.0755. The summed E-state index contributed by atoms with van der Waals surface area (Å²) >= 11 is 0. The Kier molecular flexibility index (Phi) is 5.79. The molecule has 2 nitrogen and oxygen atoms in total. The van der Waals surface area contributed by atoms with Crippen LogP contribution in [0.4, 0.5) is 0 Å². The minimum Gasteiger partial charge on any atom is -0.374 e. The molecule has 1 aromatic carbocycles. The van der Waals surface area contributed by atoms with Gasteiger partial charge in [-0.25, -0.2) is 0 Å². The highest BCUT2D eigenvalue weighted by atomic mass is 16.5. The minimum absolute atomic E-state index is 0.208. The zero-order chi connectivity index (χ0) is 15.4. The van der Waals surface area contributed by atoms with Crippen LogP contribution in [0.25, 0.3) is 0 Å². The number of benzene rings is 1. The van der Waals surface area contributed by atoms with Crippen molar-refractivity contribution in [1.29, 1.82) is 0 Å². The van der Waals surface area contributed by atoms with Crippen LogP contribution in [0, 0.1) is 0 Å². The fourth-order valence-electron chi connectivity index (χ4n) is 2.52. The van der Waals surface area contributed by atoms with E-state index in [1.807, 2.05) is 0 Å². The van der Waals surface area contributed by atoms with Crippen molar-refractivity contribution in [2.75, 3.05) is 7.11 Å². The van der Waals surface area contributed by atoms with E-state index in [0.29, 0.717) is 0 Å². The van der Waals surface area contributed by atoms with Gasteiger partial charge in [0.1, 0.15) is 0 Å². The monoisotopic (exact) mass is 278 g/mol. The maximum absolute atomic E-state index is 6.12. The van der Waals surface area contributed by atoms with Crippen LogP contribution in [0.5, 0.6) is 0 Å². The molecule has 1 aromatic rings. The fourth-order valence-corrected chi connectivity index (χ4v) is 2.52. The summed E-state index contributed by atoms with van der Waals surface area (Å²) in [6.45, 7) is 12.8. The summed E-state index contributed by atoms with van der Waals surface area (Å²) in [4.78, 5) is 0. The SMILES string of the molecule is CCC(C)(OC)c1ccc(C(C)(CC)OC(C)C)cc1. The van der Waals surface area contributed by atoms with E-state index < -0.39 is 0 Å². The van der Waals surface area contributed by atoms with Crippen molar-refractivity contribution in [3.05, 3.63) is 35.4 Å². The molecule has 0 aliphatic rings. The molecule has 0 aromatic heterocycles. The van der Waals surface area contributed by atoms with Crippen LogP contribution in [0.3, 0.4) is 0 Å². The summed E-state index contributed by atoms with van der Waals surface area (Å²) in [5, 5.41) is 0. The molecule has 0 N–H and O–H groups in total. The molecule has 0 spiro atoms. The third-order valence-corrected chi connectivity index (χ3v) is 4.40. The zero-order valence-corrected chi connectivity index (χ0v) is 14.1. The largest absolute Gasteiger partial charge is 0.374 e. The van der Waals surface area contributed by atoms with Gasteiger partial charge in [0.25, 0.3) is 0 Å². The number of rotatable bonds is 7. The summed E-state index contributed by atoms with van der Waals surface area (Å²) in [5.74, 6) is 0. The molecule has 1 rings (SSSR count). The predicted molar refractivity (Wildman–Crippen MR) is 85.0 cm³/mol. The lowest BCUT2D eigenvalue weighted by atomic mass is 9.88. The molecule has 0 aliphatic carbocycles. The highest BCUT2D eigenvalue weighted by Gasteiger charge is 2.28. The Hall–Kier alpha value is -0.860. The Morgan fingerprint density at radius 1 is 0.900 bits per heavy atom. The van der Waals surface area contributed by atoms with Crippen LogP contribution in [0.15, 0.2) is 24.3 Å². The van der Waals surface area contributed by atoms with Crippen molar-refractivity contribution in [3.63, 3.8) is 0 Å². The standard InChI is InChI=1S/C18H30O2/c1-8-17(5,19-7)15-10-12-16(13-11-15)18(6,9-2)20-14(3)4/h10-14H,8-9H2,1-7H3. The van der Waals surface area contributed by atoms with E-state index in [0.717, 1.165) is 12.8 Å². The van der Waals surface area contributed by atoms with Crippen LogP contribution in [-0.2, 0) is 20.7 Å². The zero-order valence-electron chi connectivity index (χ0n) is 14.1. The van der Waals surface area contributed by atoms with Crippen LogP contribution in [0.1, 0.15) is 65.5 Å². The molecule has 0 saturated heterocycles. The number of methoxy groups -OCH3 is 1. The van der Waals surface area contributed by atoms with E-state index in [1.54, 1.807) is 7.11 Å². The Morgan fingerprint density at radius 2 is 1.30 bits per heavy atom. The first-order valence-corrected chi connectivity index (χ1v) is 7.65. The second kappa shape index (κ2) is 6.73. The lowest BCUT2D eigenvalue weighted by Crippen LogP contribution is -2.29. The van der Waals surface area contributed by atoms with Gasteiger partial charge in [-0.05, 0) is 51.7 Å². The maximum Gasteiger partial charge on any atom is 0.0904 e. The van der Waals surface area contributed by atoms with Gasteiger partial charge in [-0.1, -0.05) is 38.1 Å². The third-order valence-electron chi connectivity index (χ3n) is 4.40. The van der Waals surface area contributed by atoms with E-state index in [1.165, 1.54) is 11.1 Å². The number of hydrogen-bond acceptors (Lipinski definition) is 2. The van der Waals surface area contributed by atoms with Gasteiger partial charge in [-0.2, -0.15) is 0 Å². The van der Waals surface area contributed by atoms with Gasteiger partial charge in [-0.3, -0.25) is 0 Å². The summed E-state index contributed by atoms with van der Waals surface area (Å²) in [6, 6.07) is 8.68. The van der Waals surface area contributed by atoms with Crippen LogP contribution in [0.2, 0.25) is 0 Å². The van der Waals surface area contributed by atoms with Crippen LogP contribution < -0.4 is 0 Å². The first-order chi connectivity index (χ1) is 9.31. The quantitative estimate of drug-likeness (QED) is 0.698. The summed E-state index contributed by atoms with van der Waals surface area (Å²) in [6.07, 6.45) is 2.13.